The Morgan fingerprint density at radius 3 is 2.35 bits per heavy atom. The van der Waals surface area contributed by atoms with E-state index < -0.39 is 5.97 Å². The van der Waals surface area contributed by atoms with Gasteiger partial charge in [-0.15, -0.1) is 0 Å². The molecule has 1 aromatic heterocycles. The van der Waals surface area contributed by atoms with Crippen molar-refractivity contribution in [3.63, 3.8) is 0 Å². The lowest BCUT2D eigenvalue weighted by molar-refractivity contribution is -0.136. The Labute approximate surface area is 151 Å². The third-order valence-corrected chi connectivity index (χ3v) is 3.77. The molecule has 0 spiro atoms. The second-order valence-electron chi connectivity index (χ2n) is 6.16. The zero-order valence-corrected chi connectivity index (χ0v) is 14.9. The van der Waals surface area contributed by atoms with Crippen LogP contribution >= 0.6 is 0 Å². The molecule has 1 heterocycles. The van der Waals surface area contributed by atoms with Crippen LogP contribution in [0.1, 0.15) is 52.7 Å². The van der Waals surface area contributed by atoms with Crippen LogP contribution in [-0.4, -0.2) is 39.2 Å². The predicted molar refractivity (Wildman–Crippen MR) is 96.3 cm³/mol. The molecule has 0 saturated carbocycles. The van der Waals surface area contributed by atoms with Gasteiger partial charge < -0.3 is 15.7 Å². The lowest BCUT2D eigenvalue weighted by Gasteiger charge is -2.06. The van der Waals surface area contributed by atoms with Crippen LogP contribution in [0, 0.1) is 0 Å². The highest BCUT2D eigenvalue weighted by molar-refractivity contribution is 6.03. The fourth-order valence-electron chi connectivity index (χ4n) is 2.42. The zero-order valence-electron chi connectivity index (χ0n) is 14.9. The second-order valence-corrected chi connectivity index (χ2v) is 6.16. The average molecular weight is 358 g/mol. The zero-order chi connectivity index (χ0) is 19.3. The van der Waals surface area contributed by atoms with Crippen LogP contribution in [0.4, 0.5) is 5.69 Å². The van der Waals surface area contributed by atoms with E-state index in [2.05, 4.69) is 15.7 Å². The minimum atomic E-state index is -0.974. The van der Waals surface area contributed by atoms with Gasteiger partial charge in [0.2, 0.25) is 0 Å². The van der Waals surface area contributed by atoms with Gasteiger partial charge in [0, 0.05) is 30.5 Å². The Hall–Kier alpha value is -3.16. The van der Waals surface area contributed by atoms with Gasteiger partial charge in [0.15, 0.2) is 5.69 Å². The van der Waals surface area contributed by atoms with Gasteiger partial charge in [-0.3, -0.25) is 19.1 Å². The molecule has 0 unspecified atom stereocenters. The number of benzene rings is 1. The van der Waals surface area contributed by atoms with Gasteiger partial charge in [-0.1, -0.05) is 13.8 Å². The number of amides is 2. The van der Waals surface area contributed by atoms with E-state index in [4.69, 9.17) is 5.11 Å². The van der Waals surface area contributed by atoms with E-state index in [0.29, 0.717) is 16.9 Å². The first kappa shape index (κ1) is 19.2. The fourth-order valence-corrected chi connectivity index (χ4v) is 2.42. The predicted octanol–water partition coefficient (Wildman–Crippen LogP) is 2.00. The normalized spacial score (nSPS) is 10.6. The molecule has 0 atom stereocenters. The van der Waals surface area contributed by atoms with E-state index in [1.165, 1.54) is 0 Å². The van der Waals surface area contributed by atoms with Crippen LogP contribution in [0.15, 0.2) is 30.3 Å². The van der Waals surface area contributed by atoms with Gasteiger partial charge >= 0.3 is 5.97 Å². The average Bonchev–Trinajstić information content (AvgIpc) is 2.97. The van der Waals surface area contributed by atoms with E-state index >= 15 is 0 Å². The maximum Gasteiger partial charge on any atom is 0.305 e. The minimum Gasteiger partial charge on any atom is -0.481 e. The molecule has 3 N–H and O–H groups in total. The number of carboxylic acids is 1. The number of nitrogens with one attached hydrogen (secondary N) is 2. The molecule has 0 aliphatic heterocycles. The van der Waals surface area contributed by atoms with Crippen molar-refractivity contribution >= 4 is 23.5 Å². The monoisotopic (exact) mass is 358 g/mol. The van der Waals surface area contributed by atoms with Crippen molar-refractivity contribution in [1.29, 1.82) is 0 Å². The molecular weight excluding hydrogens is 336 g/mol. The number of aryl methyl sites for hydroxylation is 1. The number of nitrogens with zero attached hydrogens (tertiary/aromatic N) is 2. The molecule has 0 aliphatic rings. The summed E-state index contributed by atoms with van der Waals surface area (Å²) in [4.78, 5) is 34.6. The van der Waals surface area contributed by atoms with Crippen LogP contribution < -0.4 is 10.6 Å². The molecule has 0 aliphatic carbocycles. The quantitative estimate of drug-likeness (QED) is 0.700. The second kappa shape index (κ2) is 8.28. The van der Waals surface area contributed by atoms with Gasteiger partial charge in [0.25, 0.3) is 11.8 Å². The summed E-state index contributed by atoms with van der Waals surface area (Å²) in [6, 6.07) is 8.09. The van der Waals surface area contributed by atoms with Crippen LogP contribution in [0.25, 0.3) is 0 Å². The number of anilines is 1. The number of rotatable bonds is 7. The molecule has 26 heavy (non-hydrogen) atoms. The highest BCUT2D eigenvalue weighted by Gasteiger charge is 2.15. The van der Waals surface area contributed by atoms with E-state index in [-0.39, 0.29) is 30.7 Å². The van der Waals surface area contributed by atoms with Gasteiger partial charge in [-0.05, 0) is 36.2 Å². The van der Waals surface area contributed by atoms with Crippen molar-refractivity contribution < 1.29 is 19.5 Å². The van der Waals surface area contributed by atoms with Gasteiger partial charge in [-0.2, -0.15) is 5.10 Å². The Bertz CT molecular complexity index is 809. The maximum atomic E-state index is 12.3. The van der Waals surface area contributed by atoms with E-state index in [9.17, 15) is 14.4 Å². The number of aromatic nitrogens is 2. The fraction of sp³-hybridized carbons (Fsp3) is 0.333. The summed E-state index contributed by atoms with van der Waals surface area (Å²) in [5.74, 6) is -1.41. The van der Waals surface area contributed by atoms with Crippen molar-refractivity contribution in [2.45, 2.75) is 26.2 Å². The summed E-state index contributed by atoms with van der Waals surface area (Å²) in [5.41, 5.74) is 2.21. The first-order valence-corrected chi connectivity index (χ1v) is 8.23. The summed E-state index contributed by atoms with van der Waals surface area (Å²) in [6.07, 6.45) is -0.137. The Morgan fingerprint density at radius 1 is 1.15 bits per heavy atom. The first-order chi connectivity index (χ1) is 12.3. The number of aliphatic carboxylic acids is 1. The topological polar surface area (TPSA) is 113 Å². The number of carbonyl (C=O) groups excluding carboxylic acids is 2. The molecule has 2 amide bonds. The third-order valence-electron chi connectivity index (χ3n) is 3.77. The molecule has 0 radical (unpaired) electrons. The molecule has 8 nitrogen and oxygen atoms in total. The molecule has 0 fully saturated rings. The van der Waals surface area contributed by atoms with Crippen molar-refractivity contribution in [1.82, 2.24) is 15.1 Å². The molecule has 0 bridgehead atoms. The highest BCUT2D eigenvalue weighted by atomic mass is 16.4. The van der Waals surface area contributed by atoms with Crippen LogP contribution in [0.5, 0.6) is 0 Å². The molecule has 8 heteroatoms. The highest BCUT2D eigenvalue weighted by Crippen LogP contribution is 2.16. The van der Waals surface area contributed by atoms with Crippen LogP contribution in [-0.2, 0) is 11.8 Å². The minimum absolute atomic E-state index is 0.0600. The Kier molecular flexibility index (Phi) is 6.11. The summed E-state index contributed by atoms with van der Waals surface area (Å²) in [5, 5.41) is 18.0. The van der Waals surface area contributed by atoms with E-state index in [1.807, 2.05) is 13.8 Å². The largest absolute Gasteiger partial charge is 0.481 e. The summed E-state index contributed by atoms with van der Waals surface area (Å²) >= 11 is 0. The molecule has 138 valence electrons. The lowest BCUT2D eigenvalue weighted by Crippen LogP contribution is -2.25. The summed E-state index contributed by atoms with van der Waals surface area (Å²) in [7, 11) is 1.80. The maximum absolute atomic E-state index is 12.3. The number of carboxylic acid groups (broad SMARTS) is 1. The van der Waals surface area contributed by atoms with Crippen molar-refractivity contribution in [3.8, 4) is 0 Å². The molecule has 2 aromatic rings. The van der Waals surface area contributed by atoms with Crippen LogP contribution in [0.2, 0.25) is 0 Å². The Balaban J connectivity index is 1.98. The third kappa shape index (κ3) is 4.92. The van der Waals surface area contributed by atoms with Crippen molar-refractivity contribution in [2.24, 2.45) is 7.05 Å². The van der Waals surface area contributed by atoms with Crippen molar-refractivity contribution in [3.05, 3.63) is 47.3 Å². The number of carbonyl (C=O) groups is 3. The van der Waals surface area contributed by atoms with Gasteiger partial charge in [0.05, 0.1) is 6.42 Å². The van der Waals surface area contributed by atoms with Gasteiger partial charge in [0.1, 0.15) is 0 Å². The van der Waals surface area contributed by atoms with E-state index in [0.717, 1.165) is 5.69 Å². The Morgan fingerprint density at radius 2 is 1.81 bits per heavy atom. The molecule has 2 rings (SSSR count). The smallest absolute Gasteiger partial charge is 0.305 e. The number of hydrogen-bond acceptors (Lipinski definition) is 4. The summed E-state index contributed by atoms with van der Waals surface area (Å²) in [6.45, 7) is 4.11. The van der Waals surface area contributed by atoms with E-state index in [1.54, 1.807) is 42.1 Å². The summed E-state index contributed by atoms with van der Waals surface area (Å²) < 4.78 is 1.68. The lowest BCUT2D eigenvalue weighted by atomic mass is 10.1. The van der Waals surface area contributed by atoms with Gasteiger partial charge in [-0.25, -0.2) is 0 Å². The number of hydrogen-bond donors (Lipinski definition) is 3. The molecule has 1 aromatic carbocycles. The van der Waals surface area contributed by atoms with Crippen LogP contribution in [0.3, 0.4) is 0 Å². The first-order valence-electron chi connectivity index (χ1n) is 8.23. The standard InChI is InChI=1S/C18H22N4O4/c1-11(2)15-10-14(21-22(15)3)18(26)20-13-6-4-12(5-7-13)17(25)19-9-8-16(23)24/h4-7,10-11H,8-9H2,1-3H3,(H,19,25)(H,20,26)(H,23,24). The molecular formula is C18H22N4O4. The molecule has 0 saturated heterocycles. The van der Waals surface area contributed by atoms with Crippen molar-refractivity contribution in [2.75, 3.05) is 11.9 Å². The SMILES string of the molecule is CC(C)c1cc(C(=O)Nc2ccc(C(=O)NCCC(=O)O)cc2)nn1C.